The van der Waals surface area contributed by atoms with Crippen molar-refractivity contribution in [2.45, 2.75) is 31.7 Å². The van der Waals surface area contributed by atoms with E-state index in [9.17, 15) is 0 Å². The third-order valence-corrected chi connectivity index (χ3v) is 3.75. The van der Waals surface area contributed by atoms with Crippen LogP contribution in [0.1, 0.15) is 25.7 Å². The Labute approximate surface area is 84.7 Å². The molecule has 1 aromatic rings. The first-order chi connectivity index (χ1) is 6.92. The molecule has 1 heterocycles. The van der Waals surface area contributed by atoms with E-state index < -0.39 is 0 Å². The summed E-state index contributed by atoms with van der Waals surface area (Å²) in [5, 5.41) is 3.61. The van der Waals surface area contributed by atoms with Crippen molar-refractivity contribution in [2.75, 3.05) is 5.32 Å². The molecule has 0 aliphatic heterocycles. The monoisotopic (exact) mass is 188 g/mol. The summed E-state index contributed by atoms with van der Waals surface area (Å²) < 4.78 is 0. The normalized spacial score (nSPS) is 34.7. The van der Waals surface area contributed by atoms with Crippen molar-refractivity contribution in [2.24, 2.45) is 11.8 Å². The van der Waals surface area contributed by atoms with Crippen LogP contribution in [0.5, 0.6) is 0 Å². The summed E-state index contributed by atoms with van der Waals surface area (Å²) in [5.74, 6) is 1.94. The summed E-state index contributed by atoms with van der Waals surface area (Å²) in [7, 11) is 0. The molecule has 14 heavy (non-hydrogen) atoms. The minimum Gasteiger partial charge on any atom is -0.381 e. The SMILES string of the molecule is c1cncc(NC2CC3CCC2C3)c1. The molecule has 2 aliphatic carbocycles. The first-order valence-electron chi connectivity index (χ1n) is 5.58. The average molecular weight is 188 g/mol. The van der Waals surface area contributed by atoms with Crippen LogP contribution in [0, 0.1) is 11.8 Å². The number of hydrogen-bond acceptors (Lipinski definition) is 2. The molecule has 0 saturated heterocycles. The maximum Gasteiger partial charge on any atom is 0.0528 e. The number of fused-ring (bicyclic) bond motifs is 2. The zero-order valence-corrected chi connectivity index (χ0v) is 8.32. The van der Waals surface area contributed by atoms with Crippen LogP contribution < -0.4 is 5.32 Å². The number of hydrogen-bond donors (Lipinski definition) is 1. The predicted octanol–water partition coefficient (Wildman–Crippen LogP) is 2.68. The zero-order chi connectivity index (χ0) is 9.38. The van der Waals surface area contributed by atoms with Crippen molar-refractivity contribution in [1.82, 2.24) is 4.98 Å². The van der Waals surface area contributed by atoms with Crippen LogP contribution in [0.4, 0.5) is 5.69 Å². The van der Waals surface area contributed by atoms with Crippen molar-refractivity contribution >= 4 is 5.69 Å². The minimum atomic E-state index is 0.720. The number of pyridine rings is 1. The molecule has 1 N–H and O–H groups in total. The molecule has 3 atom stereocenters. The van der Waals surface area contributed by atoms with Crippen LogP contribution in [0.3, 0.4) is 0 Å². The Hall–Kier alpha value is -1.05. The summed E-state index contributed by atoms with van der Waals surface area (Å²) >= 11 is 0. The molecule has 0 aromatic carbocycles. The highest BCUT2D eigenvalue weighted by molar-refractivity contribution is 5.41. The second kappa shape index (κ2) is 3.26. The van der Waals surface area contributed by atoms with Gasteiger partial charge in [-0.1, -0.05) is 6.42 Å². The van der Waals surface area contributed by atoms with Gasteiger partial charge in [-0.2, -0.15) is 0 Å². The van der Waals surface area contributed by atoms with E-state index >= 15 is 0 Å². The van der Waals surface area contributed by atoms with Crippen molar-refractivity contribution in [3.05, 3.63) is 24.5 Å². The van der Waals surface area contributed by atoms with Gasteiger partial charge in [0.25, 0.3) is 0 Å². The van der Waals surface area contributed by atoms with Gasteiger partial charge in [-0.3, -0.25) is 4.98 Å². The van der Waals surface area contributed by atoms with E-state index in [1.165, 1.54) is 31.4 Å². The highest BCUT2D eigenvalue weighted by atomic mass is 15.0. The third kappa shape index (κ3) is 1.39. The van der Waals surface area contributed by atoms with E-state index in [4.69, 9.17) is 0 Å². The maximum absolute atomic E-state index is 4.13. The van der Waals surface area contributed by atoms with Crippen LogP contribution in [0.15, 0.2) is 24.5 Å². The lowest BCUT2D eigenvalue weighted by Crippen LogP contribution is -2.25. The van der Waals surface area contributed by atoms with Crippen LogP contribution >= 0.6 is 0 Å². The Morgan fingerprint density at radius 3 is 2.93 bits per heavy atom. The Bertz CT molecular complexity index is 309. The lowest BCUT2D eigenvalue weighted by molar-refractivity contribution is 0.439. The first kappa shape index (κ1) is 8.27. The fourth-order valence-corrected chi connectivity index (χ4v) is 3.08. The second-order valence-electron chi connectivity index (χ2n) is 4.67. The molecule has 3 unspecified atom stereocenters. The van der Waals surface area contributed by atoms with Gasteiger partial charge in [-0.15, -0.1) is 0 Å². The van der Waals surface area contributed by atoms with Gasteiger partial charge in [0.15, 0.2) is 0 Å². The molecule has 3 rings (SSSR count). The molecular formula is C12H16N2. The Morgan fingerprint density at radius 1 is 1.29 bits per heavy atom. The van der Waals surface area contributed by atoms with E-state index in [0.717, 1.165) is 17.9 Å². The Morgan fingerprint density at radius 2 is 2.29 bits per heavy atom. The van der Waals surface area contributed by atoms with Crippen LogP contribution in [0.25, 0.3) is 0 Å². The molecule has 2 nitrogen and oxygen atoms in total. The Kier molecular flexibility index (Phi) is 1.93. The number of anilines is 1. The van der Waals surface area contributed by atoms with Gasteiger partial charge in [0.2, 0.25) is 0 Å². The van der Waals surface area contributed by atoms with E-state index in [2.05, 4.69) is 16.4 Å². The summed E-state index contributed by atoms with van der Waals surface area (Å²) in [6.45, 7) is 0. The molecule has 2 fully saturated rings. The zero-order valence-electron chi connectivity index (χ0n) is 8.32. The van der Waals surface area contributed by atoms with Gasteiger partial charge in [0, 0.05) is 18.4 Å². The predicted molar refractivity (Wildman–Crippen MR) is 57.1 cm³/mol. The average Bonchev–Trinajstić information content (AvgIpc) is 2.81. The molecule has 0 spiro atoms. The van der Waals surface area contributed by atoms with Crippen LogP contribution in [-0.2, 0) is 0 Å². The van der Waals surface area contributed by atoms with Crippen molar-refractivity contribution < 1.29 is 0 Å². The number of aromatic nitrogens is 1. The highest BCUT2D eigenvalue weighted by Gasteiger charge is 2.39. The fraction of sp³-hybridized carbons (Fsp3) is 0.583. The molecule has 2 aliphatic rings. The molecule has 1 aromatic heterocycles. The van der Waals surface area contributed by atoms with E-state index in [1.54, 1.807) is 0 Å². The quantitative estimate of drug-likeness (QED) is 0.771. The number of rotatable bonds is 2. The standard InChI is InChI=1S/C12H16N2/c1-2-11(8-13-5-1)14-12-7-9-3-4-10(12)6-9/h1-2,5,8-10,12,14H,3-4,6-7H2. The van der Waals surface area contributed by atoms with E-state index in [0.29, 0.717) is 0 Å². The van der Waals surface area contributed by atoms with Crippen molar-refractivity contribution in [1.29, 1.82) is 0 Å². The molecular weight excluding hydrogens is 172 g/mol. The van der Waals surface area contributed by atoms with Crippen LogP contribution in [0.2, 0.25) is 0 Å². The minimum absolute atomic E-state index is 0.720. The highest BCUT2D eigenvalue weighted by Crippen LogP contribution is 2.45. The molecule has 0 amide bonds. The van der Waals surface area contributed by atoms with Crippen LogP contribution in [-0.4, -0.2) is 11.0 Å². The van der Waals surface area contributed by atoms with Gasteiger partial charge in [-0.25, -0.2) is 0 Å². The molecule has 74 valence electrons. The van der Waals surface area contributed by atoms with Crippen molar-refractivity contribution in [3.63, 3.8) is 0 Å². The van der Waals surface area contributed by atoms with Gasteiger partial charge in [0.1, 0.15) is 0 Å². The Balaban J connectivity index is 1.69. The van der Waals surface area contributed by atoms with Gasteiger partial charge >= 0.3 is 0 Å². The van der Waals surface area contributed by atoms with E-state index in [1.807, 2.05) is 18.5 Å². The topological polar surface area (TPSA) is 24.9 Å². The fourth-order valence-electron chi connectivity index (χ4n) is 3.08. The van der Waals surface area contributed by atoms with Gasteiger partial charge in [-0.05, 0) is 43.2 Å². The van der Waals surface area contributed by atoms with Crippen molar-refractivity contribution in [3.8, 4) is 0 Å². The second-order valence-corrected chi connectivity index (χ2v) is 4.67. The smallest absolute Gasteiger partial charge is 0.0528 e. The first-order valence-corrected chi connectivity index (χ1v) is 5.58. The third-order valence-electron chi connectivity index (χ3n) is 3.75. The number of nitrogens with one attached hydrogen (secondary N) is 1. The summed E-state index contributed by atoms with van der Waals surface area (Å²) in [5.41, 5.74) is 1.19. The molecule has 0 radical (unpaired) electrons. The lowest BCUT2D eigenvalue weighted by atomic mass is 9.95. The maximum atomic E-state index is 4.13. The lowest BCUT2D eigenvalue weighted by Gasteiger charge is -2.23. The van der Waals surface area contributed by atoms with Gasteiger partial charge < -0.3 is 5.32 Å². The summed E-state index contributed by atoms with van der Waals surface area (Å²) in [6.07, 6.45) is 9.48. The summed E-state index contributed by atoms with van der Waals surface area (Å²) in [4.78, 5) is 4.13. The molecule has 2 heteroatoms. The largest absolute Gasteiger partial charge is 0.381 e. The van der Waals surface area contributed by atoms with E-state index in [-0.39, 0.29) is 0 Å². The molecule has 2 saturated carbocycles. The summed E-state index contributed by atoms with van der Waals surface area (Å²) in [6, 6.07) is 4.83. The number of nitrogens with zero attached hydrogens (tertiary/aromatic N) is 1. The van der Waals surface area contributed by atoms with Gasteiger partial charge in [0.05, 0.1) is 5.69 Å². The molecule has 2 bridgehead atoms.